The lowest BCUT2D eigenvalue weighted by atomic mass is 9.83. The van der Waals surface area contributed by atoms with Gasteiger partial charge in [-0.15, -0.1) is 22.7 Å². The minimum atomic E-state index is -1.21. The summed E-state index contributed by atoms with van der Waals surface area (Å²) < 4.78 is 38.7. The molecule has 0 bridgehead atoms. The summed E-state index contributed by atoms with van der Waals surface area (Å²) in [6.07, 6.45) is 4.31. The standard InChI is InChI=1S/C27H25ClF2N4O4S2/c1-3-38-27(36)20-23(13-4-7-17-16(12-13)32-18(40-17)8-9-19(35)37-2)33-25(26-31-10-11-39-26)34-24(20)14-5-6-15(29)22(30)21(14)28/h5-6,10-11,13,24H,3-4,7-9,12H2,1-2H3,(H,33,34). The monoisotopic (exact) mass is 606 g/mol. The summed E-state index contributed by atoms with van der Waals surface area (Å²) in [5, 5.41) is 6.09. The number of amidine groups is 1. The highest BCUT2D eigenvalue weighted by molar-refractivity contribution is 7.12. The fourth-order valence-electron chi connectivity index (χ4n) is 4.84. The molecule has 1 aliphatic heterocycles. The highest BCUT2D eigenvalue weighted by Crippen LogP contribution is 2.42. The minimum Gasteiger partial charge on any atom is -0.469 e. The van der Waals surface area contributed by atoms with E-state index in [0.29, 0.717) is 35.8 Å². The second kappa shape index (κ2) is 12.1. The number of aliphatic imine (C=N–C) groups is 1. The summed E-state index contributed by atoms with van der Waals surface area (Å²) >= 11 is 9.21. The molecule has 1 aromatic carbocycles. The molecular weight excluding hydrogens is 582 g/mol. The van der Waals surface area contributed by atoms with Crippen LogP contribution in [0.5, 0.6) is 0 Å². The maximum absolute atomic E-state index is 14.6. The number of nitrogens with one attached hydrogen (secondary N) is 1. The Morgan fingerprint density at radius 1 is 1.27 bits per heavy atom. The number of fused-ring (bicyclic) bond motifs is 1. The number of esters is 2. The van der Waals surface area contributed by atoms with Crippen molar-refractivity contribution in [1.82, 2.24) is 15.3 Å². The van der Waals surface area contributed by atoms with Gasteiger partial charge in [0.15, 0.2) is 22.5 Å². The molecule has 210 valence electrons. The maximum Gasteiger partial charge on any atom is 0.338 e. The molecule has 13 heteroatoms. The molecule has 5 rings (SSSR count). The van der Waals surface area contributed by atoms with Gasteiger partial charge < -0.3 is 14.8 Å². The van der Waals surface area contributed by atoms with Crippen molar-refractivity contribution in [3.63, 3.8) is 0 Å². The van der Waals surface area contributed by atoms with Crippen molar-refractivity contribution in [1.29, 1.82) is 0 Å². The van der Waals surface area contributed by atoms with Gasteiger partial charge in [0, 0.05) is 40.1 Å². The van der Waals surface area contributed by atoms with Crippen molar-refractivity contribution in [3.8, 4) is 0 Å². The van der Waals surface area contributed by atoms with Gasteiger partial charge in [0.25, 0.3) is 0 Å². The van der Waals surface area contributed by atoms with Crippen LogP contribution < -0.4 is 5.32 Å². The highest BCUT2D eigenvalue weighted by atomic mass is 35.5. The van der Waals surface area contributed by atoms with Crippen molar-refractivity contribution in [2.24, 2.45) is 10.9 Å². The Bertz CT molecular complexity index is 1510. The maximum atomic E-state index is 14.6. The quantitative estimate of drug-likeness (QED) is 0.272. The fraction of sp³-hybridized carbons (Fsp3) is 0.370. The molecule has 0 saturated carbocycles. The van der Waals surface area contributed by atoms with Crippen LogP contribution in [-0.2, 0) is 38.3 Å². The number of rotatable bonds is 8. The second-order valence-corrected chi connectivity index (χ2v) is 11.6. The molecular formula is C27H25ClF2N4O4S2. The number of methoxy groups -OCH3 is 1. The largest absolute Gasteiger partial charge is 0.469 e. The molecule has 2 aliphatic rings. The second-order valence-electron chi connectivity index (χ2n) is 9.15. The van der Waals surface area contributed by atoms with Gasteiger partial charge in [-0.1, -0.05) is 17.7 Å². The Morgan fingerprint density at radius 3 is 2.83 bits per heavy atom. The molecule has 3 aromatic rings. The van der Waals surface area contributed by atoms with Crippen LogP contribution in [0.2, 0.25) is 5.02 Å². The van der Waals surface area contributed by atoms with Gasteiger partial charge >= 0.3 is 11.9 Å². The van der Waals surface area contributed by atoms with E-state index in [4.69, 9.17) is 31.1 Å². The number of hydrogen-bond donors (Lipinski definition) is 1. The molecule has 8 nitrogen and oxygen atoms in total. The van der Waals surface area contributed by atoms with Gasteiger partial charge in [0.05, 0.1) is 41.4 Å². The van der Waals surface area contributed by atoms with Gasteiger partial charge in [-0.25, -0.2) is 23.5 Å². The number of nitrogens with zero attached hydrogens (tertiary/aromatic N) is 3. The molecule has 2 atom stereocenters. The first-order valence-corrected chi connectivity index (χ1v) is 14.7. The summed E-state index contributed by atoms with van der Waals surface area (Å²) in [4.78, 5) is 40.1. The smallest absolute Gasteiger partial charge is 0.338 e. The van der Waals surface area contributed by atoms with Gasteiger partial charge in [0.1, 0.15) is 6.04 Å². The van der Waals surface area contributed by atoms with E-state index in [-0.39, 0.29) is 36.1 Å². The first-order valence-electron chi connectivity index (χ1n) is 12.6. The Hall–Kier alpha value is -3.22. The van der Waals surface area contributed by atoms with Crippen LogP contribution in [0.3, 0.4) is 0 Å². The third-order valence-corrected chi connectivity index (χ3v) is 9.11. The molecule has 0 spiro atoms. The van der Waals surface area contributed by atoms with Crippen LogP contribution in [0, 0.1) is 17.6 Å². The lowest BCUT2D eigenvalue weighted by molar-refractivity contribution is -0.141. The van der Waals surface area contributed by atoms with Crippen molar-refractivity contribution in [2.75, 3.05) is 13.7 Å². The SMILES string of the molecule is CCOC(=O)C1=C(C2CCc3sc(CCC(=O)OC)nc3C2)NC(c2nccs2)=NC1c1ccc(F)c(F)c1Cl. The topological polar surface area (TPSA) is 103 Å². The molecule has 1 N–H and O–H groups in total. The molecule has 0 radical (unpaired) electrons. The third-order valence-electron chi connectivity index (χ3n) is 6.73. The number of thiazole rings is 2. The Labute approximate surface area is 242 Å². The molecule has 2 unspecified atom stereocenters. The minimum absolute atomic E-state index is 0.112. The Kier molecular flexibility index (Phi) is 8.57. The molecule has 1 aliphatic carbocycles. The predicted octanol–water partition coefficient (Wildman–Crippen LogP) is 5.35. The van der Waals surface area contributed by atoms with Gasteiger partial charge in [-0.3, -0.25) is 9.79 Å². The van der Waals surface area contributed by atoms with Crippen molar-refractivity contribution < 1.29 is 27.8 Å². The highest BCUT2D eigenvalue weighted by Gasteiger charge is 2.38. The first kappa shape index (κ1) is 28.3. The van der Waals surface area contributed by atoms with Gasteiger partial charge in [0.2, 0.25) is 0 Å². The average Bonchev–Trinajstić information content (AvgIpc) is 3.64. The summed E-state index contributed by atoms with van der Waals surface area (Å²) in [6.45, 7) is 1.80. The van der Waals surface area contributed by atoms with E-state index in [9.17, 15) is 18.4 Å². The van der Waals surface area contributed by atoms with Crippen LogP contribution in [0.1, 0.15) is 52.0 Å². The van der Waals surface area contributed by atoms with E-state index in [2.05, 4.69) is 10.3 Å². The van der Waals surface area contributed by atoms with E-state index in [1.807, 2.05) is 0 Å². The van der Waals surface area contributed by atoms with Crippen LogP contribution >= 0.6 is 34.3 Å². The average molecular weight is 607 g/mol. The zero-order valence-electron chi connectivity index (χ0n) is 21.6. The van der Waals surface area contributed by atoms with Crippen molar-refractivity contribution in [2.45, 2.75) is 45.1 Å². The summed E-state index contributed by atoms with van der Waals surface area (Å²) in [6, 6.07) is 1.26. The number of aromatic nitrogens is 2. The number of carbonyl (C=O) groups is 2. The number of allylic oxidation sites excluding steroid dienone is 1. The van der Waals surface area contributed by atoms with E-state index < -0.39 is 28.7 Å². The zero-order chi connectivity index (χ0) is 28.4. The third kappa shape index (κ3) is 5.65. The van der Waals surface area contributed by atoms with Crippen molar-refractivity contribution >= 4 is 52.0 Å². The number of aryl methyl sites for hydroxylation is 2. The summed E-state index contributed by atoms with van der Waals surface area (Å²) in [5.41, 5.74) is 1.80. The lowest BCUT2D eigenvalue weighted by Gasteiger charge is -2.33. The Balaban J connectivity index is 1.57. The number of carbonyl (C=O) groups excluding carboxylic acids is 2. The van der Waals surface area contributed by atoms with E-state index in [1.165, 1.54) is 24.5 Å². The molecule has 0 amide bonds. The van der Waals surface area contributed by atoms with Crippen LogP contribution in [0.25, 0.3) is 0 Å². The normalized spacial score (nSPS) is 18.6. The number of hydrogen-bond acceptors (Lipinski definition) is 10. The summed E-state index contributed by atoms with van der Waals surface area (Å²) in [7, 11) is 1.36. The van der Waals surface area contributed by atoms with Gasteiger partial charge in [-0.2, -0.15) is 0 Å². The molecule has 3 heterocycles. The van der Waals surface area contributed by atoms with Crippen LogP contribution in [0.15, 0.2) is 40.0 Å². The fourth-order valence-corrected chi connectivity index (χ4v) is 6.80. The molecule has 2 aromatic heterocycles. The molecule has 40 heavy (non-hydrogen) atoms. The van der Waals surface area contributed by atoms with E-state index in [1.54, 1.807) is 29.8 Å². The van der Waals surface area contributed by atoms with Crippen LogP contribution in [-0.4, -0.2) is 41.5 Å². The molecule has 0 fully saturated rings. The van der Waals surface area contributed by atoms with Gasteiger partial charge in [-0.05, 0) is 32.3 Å². The van der Waals surface area contributed by atoms with Crippen molar-refractivity contribution in [3.05, 3.63) is 77.8 Å². The molecule has 0 saturated heterocycles. The van der Waals surface area contributed by atoms with Crippen LogP contribution in [0.4, 0.5) is 8.78 Å². The Morgan fingerprint density at radius 2 is 2.10 bits per heavy atom. The summed E-state index contributed by atoms with van der Waals surface area (Å²) in [5.74, 6) is -3.01. The number of halogens is 3. The number of benzene rings is 1. The van der Waals surface area contributed by atoms with E-state index in [0.717, 1.165) is 28.1 Å². The zero-order valence-corrected chi connectivity index (χ0v) is 24.0. The number of ether oxygens (including phenoxy) is 2. The first-order chi connectivity index (χ1) is 19.3. The van der Waals surface area contributed by atoms with E-state index >= 15 is 0 Å². The predicted molar refractivity (Wildman–Crippen MR) is 148 cm³/mol. The lowest BCUT2D eigenvalue weighted by Crippen LogP contribution is -2.38.